The zero-order valence-corrected chi connectivity index (χ0v) is 14.5. The molecule has 122 valence electrons. The lowest BCUT2D eigenvalue weighted by Crippen LogP contribution is -2.49. The molecule has 1 fully saturated rings. The van der Waals surface area contributed by atoms with Gasteiger partial charge in [0.1, 0.15) is 0 Å². The molecule has 3 rings (SSSR count). The van der Waals surface area contributed by atoms with Crippen LogP contribution in [0.1, 0.15) is 30.3 Å². The molecule has 1 aromatic carbocycles. The van der Waals surface area contributed by atoms with E-state index in [1.165, 1.54) is 11.8 Å². The largest absolute Gasteiger partial charge is 0.444 e. The number of nitrogens with zero attached hydrogens (tertiary/aromatic N) is 1. The molecule has 0 bridgehead atoms. The number of piperidine rings is 1. The predicted molar refractivity (Wildman–Crippen MR) is 92.0 cm³/mol. The molecule has 4 nitrogen and oxygen atoms in total. The summed E-state index contributed by atoms with van der Waals surface area (Å²) in [4.78, 5) is 15.3. The van der Waals surface area contributed by atoms with Gasteiger partial charge in [0.2, 0.25) is 0 Å². The van der Waals surface area contributed by atoms with Crippen molar-refractivity contribution in [2.75, 3.05) is 13.1 Å². The van der Waals surface area contributed by atoms with Gasteiger partial charge in [-0.3, -0.25) is 4.79 Å². The number of carbonyl (C=O) groups excluding carboxylic acids is 1. The van der Waals surface area contributed by atoms with Gasteiger partial charge in [0, 0.05) is 28.5 Å². The topological polar surface area (TPSA) is 59.5 Å². The number of benzene rings is 1. The highest BCUT2D eigenvalue weighted by Crippen LogP contribution is 2.31. The van der Waals surface area contributed by atoms with Crippen molar-refractivity contribution in [1.82, 2.24) is 4.90 Å². The maximum absolute atomic E-state index is 12.5. The number of hydrogen-bond acceptors (Lipinski definition) is 4. The van der Waals surface area contributed by atoms with Crippen LogP contribution in [0.25, 0.3) is 0 Å². The minimum atomic E-state index is -0.173. The molecule has 1 aromatic heterocycles. The molecular weight excluding hydrogens is 332 g/mol. The Morgan fingerprint density at radius 3 is 2.74 bits per heavy atom. The van der Waals surface area contributed by atoms with Gasteiger partial charge in [0.05, 0.1) is 0 Å². The summed E-state index contributed by atoms with van der Waals surface area (Å²) >= 11 is 7.42. The van der Waals surface area contributed by atoms with E-state index < -0.39 is 0 Å². The van der Waals surface area contributed by atoms with Crippen LogP contribution in [0, 0.1) is 0 Å². The van der Waals surface area contributed by atoms with Crippen molar-refractivity contribution in [2.24, 2.45) is 5.73 Å². The van der Waals surface area contributed by atoms with E-state index in [1.807, 2.05) is 37.3 Å². The van der Waals surface area contributed by atoms with E-state index in [0.717, 1.165) is 17.7 Å². The number of nitrogens with two attached hydrogens (primary N) is 1. The van der Waals surface area contributed by atoms with Crippen molar-refractivity contribution < 1.29 is 9.21 Å². The first-order valence-electron chi connectivity index (χ1n) is 7.54. The summed E-state index contributed by atoms with van der Waals surface area (Å²) in [6, 6.07) is 11.1. The molecule has 0 saturated carbocycles. The SMILES string of the molecule is CC1(N)CCN(C(=O)c2ccc(Sc3cccc(Cl)c3)o2)CC1. The molecule has 6 heteroatoms. The Hall–Kier alpha value is -1.43. The Morgan fingerprint density at radius 1 is 1.30 bits per heavy atom. The van der Waals surface area contributed by atoms with Crippen molar-refractivity contribution in [1.29, 1.82) is 0 Å². The number of likely N-dealkylation sites (tertiary alicyclic amines) is 1. The first-order valence-corrected chi connectivity index (χ1v) is 8.74. The fourth-order valence-corrected chi connectivity index (χ4v) is 3.60. The molecule has 0 spiro atoms. The molecule has 1 amide bonds. The zero-order valence-electron chi connectivity index (χ0n) is 12.9. The summed E-state index contributed by atoms with van der Waals surface area (Å²) in [5, 5.41) is 1.35. The molecule has 0 atom stereocenters. The van der Waals surface area contributed by atoms with Gasteiger partial charge in [-0.1, -0.05) is 29.4 Å². The third kappa shape index (κ3) is 4.10. The lowest BCUT2D eigenvalue weighted by atomic mass is 9.91. The fraction of sp³-hybridized carbons (Fsp3) is 0.353. The van der Waals surface area contributed by atoms with Crippen LogP contribution in [0.15, 0.2) is 50.8 Å². The lowest BCUT2D eigenvalue weighted by molar-refractivity contribution is 0.0643. The van der Waals surface area contributed by atoms with Gasteiger partial charge in [-0.25, -0.2) is 0 Å². The molecular formula is C17H19ClN2O2S. The van der Waals surface area contributed by atoms with Crippen LogP contribution in [-0.2, 0) is 0 Å². The molecule has 0 unspecified atom stereocenters. The van der Waals surface area contributed by atoms with Gasteiger partial charge in [-0.2, -0.15) is 0 Å². The predicted octanol–water partition coefficient (Wildman–Crippen LogP) is 4.04. The summed E-state index contributed by atoms with van der Waals surface area (Å²) in [6.07, 6.45) is 1.62. The monoisotopic (exact) mass is 350 g/mol. The number of carbonyl (C=O) groups is 1. The third-order valence-corrected chi connectivity index (χ3v) is 5.14. The average Bonchev–Trinajstić information content (AvgIpc) is 2.95. The van der Waals surface area contributed by atoms with Gasteiger partial charge in [0.25, 0.3) is 5.91 Å². The van der Waals surface area contributed by atoms with E-state index in [9.17, 15) is 4.79 Å². The smallest absolute Gasteiger partial charge is 0.289 e. The van der Waals surface area contributed by atoms with Crippen molar-refractivity contribution in [3.63, 3.8) is 0 Å². The quantitative estimate of drug-likeness (QED) is 0.907. The zero-order chi connectivity index (χ0) is 16.4. The molecule has 1 saturated heterocycles. The van der Waals surface area contributed by atoms with E-state index in [2.05, 4.69) is 0 Å². The third-order valence-electron chi connectivity index (χ3n) is 4.00. The van der Waals surface area contributed by atoms with Crippen LogP contribution in [0.2, 0.25) is 5.02 Å². The van der Waals surface area contributed by atoms with Gasteiger partial charge < -0.3 is 15.1 Å². The van der Waals surface area contributed by atoms with E-state index in [0.29, 0.717) is 29.0 Å². The normalized spacial score (nSPS) is 17.3. The second kappa shape index (κ2) is 6.59. The molecule has 0 radical (unpaired) electrons. The summed E-state index contributed by atoms with van der Waals surface area (Å²) in [7, 11) is 0. The first-order chi connectivity index (χ1) is 10.9. The van der Waals surface area contributed by atoms with Gasteiger partial charge in [-0.05, 0) is 50.1 Å². The van der Waals surface area contributed by atoms with Crippen LogP contribution >= 0.6 is 23.4 Å². The van der Waals surface area contributed by atoms with Crippen molar-refractivity contribution in [2.45, 2.75) is 35.3 Å². The van der Waals surface area contributed by atoms with Gasteiger partial charge in [0.15, 0.2) is 10.9 Å². The number of rotatable bonds is 3. The highest BCUT2D eigenvalue weighted by Gasteiger charge is 2.29. The molecule has 2 heterocycles. The Morgan fingerprint density at radius 2 is 2.04 bits per heavy atom. The average molecular weight is 351 g/mol. The molecule has 2 N–H and O–H groups in total. The van der Waals surface area contributed by atoms with E-state index in [-0.39, 0.29) is 11.4 Å². The molecule has 2 aromatic rings. The fourth-order valence-electron chi connectivity index (χ4n) is 2.51. The maximum atomic E-state index is 12.5. The van der Waals surface area contributed by atoms with Gasteiger partial charge >= 0.3 is 0 Å². The Bertz CT molecular complexity index is 704. The summed E-state index contributed by atoms with van der Waals surface area (Å²) in [6.45, 7) is 3.37. The number of hydrogen-bond donors (Lipinski definition) is 1. The minimum Gasteiger partial charge on any atom is -0.444 e. The second-order valence-electron chi connectivity index (χ2n) is 6.12. The van der Waals surface area contributed by atoms with Crippen LogP contribution in [-0.4, -0.2) is 29.4 Å². The molecule has 1 aliphatic heterocycles. The van der Waals surface area contributed by atoms with Crippen molar-refractivity contribution >= 4 is 29.3 Å². The Labute approximate surface area is 145 Å². The van der Waals surface area contributed by atoms with Crippen LogP contribution in [0.5, 0.6) is 0 Å². The van der Waals surface area contributed by atoms with E-state index in [1.54, 1.807) is 11.0 Å². The minimum absolute atomic E-state index is 0.0709. The van der Waals surface area contributed by atoms with Crippen LogP contribution in [0.3, 0.4) is 0 Å². The molecule has 1 aliphatic rings. The summed E-state index contributed by atoms with van der Waals surface area (Å²) < 4.78 is 5.69. The van der Waals surface area contributed by atoms with Gasteiger partial charge in [-0.15, -0.1) is 0 Å². The number of furan rings is 1. The van der Waals surface area contributed by atoms with Crippen molar-refractivity contribution in [3.05, 3.63) is 47.2 Å². The molecule has 0 aliphatic carbocycles. The van der Waals surface area contributed by atoms with Crippen molar-refractivity contribution in [3.8, 4) is 0 Å². The van der Waals surface area contributed by atoms with E-state index >= 15 is 0 Å². The first kappa shape index (κ1) is 16.4. The lowest BCUT2D eigenvalue weighted by Gasteiger charge is -2.36. The van der Waals surface area contributed by atoms with E-state index in [4.69, 9.17) is 21.8 Å². The maximum Gasteiger partial charge on any atom is 0.289 e. The highest BCUT2D eigenvalue weighted by atomic mass is 35.5. The summed E-state index contributed by atoms with van der Waals surface area (Å²) in [5.41, 5.74) is 5.93. The standard InChI is InChI=1S/C17H19ClN2O2S/c1-17(19)7-9-20(10-8-17)16(21)14-5-6-15(22-14)23-13-4-2-3-12(18)11-13/h2-6,11H,7-10,19H2,1H3. The summed E-state index contributed by atoms with van der Waals surface area (Å²) in [5.74, 6) is 0.300. The Balaban J connectivity index is 1.66. The number of amides is 1. The second-order valence-corrected chi connectivity index (χ2v) is 7.64. The number of halogens is 1. The van der Waals surface area contributed by atoms with Crippen LogP contribution in [0.4, 0.5) is 0 Å². The Kier molecular flexibility index (Phi) is 4.71. The molecule has 23 heavy (non-hydrogen) atoms. The highest BCUT2D eigenvalue weighted by molar-refractivity contribution is 7.99. The van der Waals surface area contributed by atoms with Crippen LogP contribution < -0.4 is 5.73 Å².